The summed E-state index contributed by atoms with van der Waals surface area (Å²) in [6.45, 7) is 4.52. The molecule has 1 rings (SSSR count). The number of benzene rings is 1. The quantitative estimate of drug-likeness (QED) is 0.473. The van der Waals surface area contributed by atoms with Crippen molar-refractivity contribution < 1.29 is 27.8 Å². The van der Waals surface area contributed by atoms with Crippen molar-refractivity contribution in [2.75, 3.05) is 6.61 Å². The first kappa shape index (κ1) is 19.1. The molecule has 0 spiro atoms. The fourth-order valence-electron chi connectivity index (χ4n) is 2.00. The van der Waals surface area contributed by atoms with Gasteiger partial charge in [-0.25, -0.2) is 13.2 Å². The Labute approximate surface area is 130 Å². The van der Waals surface area contributed by atoms with E-state index in [4.69, 9.17) is 4.74 Å². The minimum atomic E-state index is -1.99. The zero-order chi connectivity index (χ0) is 17.1. The van der Waals surface area contributed by atoms with E-state index in [1.54, 1.807) is 0 Å². The zero-order valence-electron chi connectivity index (χ0n) is 12.8. The molecule has 0 aromatic heterocycles. The van der Waals surface area contributed by atoms with Crippen LogP contribution < -0.4 is 5.30 Å². The largest absolute Gasteiger partial charge is 0.360 e. The van der Waals surface area contributed by atoms with Crippen LogP contribution in [0.25, 0.3) is 0 Å². The number of hydrogen-bond donors (Lipinski definition) is 1. The average molecular weight is 336 g/mol. The summed E-state index contributed by atoms with van der Waals surface area (Å²) in [4.78, 5) is 11.9. The van der Waals surface area contributed by atoms with Gasteiger partial charge < -0.3 is 9.84 Å². The maximum absolute atomic E-state index is 13.9. The molecule has 0 saturated heterocycles. The summed E-state index contributed by atoms with van der Waals surface area (Å²) >= 11 is 0. The van der Waals surface area contributed by atoms with E-state index >= 15 is 0 Å². The van der Waals surface area contributed by atoms with Crippen LogP contribution in [0.1, 0.15) is 37.8 Å². The van der Waals surface area contributed by atoms with Gasteiger partial charge in [0.25, 0.3) is 0 Å². The van der Waals surface area contributed by atoms with Crippen LogP contribution in [0.15, 0.2) is 0 Å². The lowest BCUT2D eigenvalue weighted by atomic mass is 9.98. The minimum Gasteiger partial charge on any atom is -0.360 e. The predicted octanol–water partition coefficient (Wildman–Crippen LogP) is 2.55. The molecule has 2 atom stereocenters. The fourth-order valence-corrected chi connectivity index (χ4v) is 2.34. The van der Waals surface area contributed by atoms with Crippen LogP contribution in [-0.4, -0.2) is 23.3 Å². The van der Waals surface area contributed by atoms with Crippen LogP contribution in [0.4, 0.5) is 13.2 Å². The third-order valence-corrected chi connectivity index (χ3v) is 3.93. The predicted molar refractivity (Wildman–Crippen MR) is 80.6 cm³/mol. The summed E-state index contributed by atoms with van der Waals surface area (Å²) in [5, 5.41) is 9.40. The molecule has 2 unspecified atom stereocenters. The third-order valence-electron chi connectivity index (χ3n) is 3.42. The van der Waals surface area contributed by atoms with Crippen LogP contribution in [0.2, 0.25) is 0 Å². The van der Waals surface area contributed by atoms with Crippen LogP contribution in [0, 0.1) is 24.4 Å². The zero-order valence-corrected chi connectivity index (χ0v) is 14.0. The highest BCUT2D eigenvalue weighted by Crippen LogP contribution is 2.23. The van der Waals surface area contributed by atoms with Crippen molar-refractivity contribution in [3.05, 3.63) is 28.6 Å². The van der Waals surface area contributed by atoms with Gasteiger partial charge in [-0.3, -0.25) is 4.79 Å². The first-order valence-corrected chi connectivity index (χ1v) is 7.52. The number of carbonyl (C=O) groups excluding carboxylic acids is 1. The average Bonchev–Trinajstić information content (AvgIpc) is 2.48. The molecule has 0 aliphatic rings. The molecule has 0 aliphatic heterocycles. The highest BCUT2D eigenvalue weighted by molar-refractivity contribution is 7.27. The Morgan fingerprint density at radius 3 is 2.41 bits per heavy atom. The van der Waals surface area contributed by atoms with Gasteiger partial charge in [0.1, 0.15) is 5.82 Å². The Morgan fingerprint density at radius 2 is 1.86 bits per heavy atom. The molecule has 124 valence electrons. The molecular formula is C15H20F3O3P. The molecule has 1 N–H and O–H groups in total. The van der Waals surface area contributed by atoms with E-state index in [1.165, 1.54) is 13.8 Å². The number of rotatable bonds is 7. The van der Waals surface area contributed by atoms with Gasteiger partial charge in [0, 0.05) is 11.7 Å². The summed E-state index contributed by atoms with van der Waals surface area (Å²) < 4.78 is 46.2. The summed E-state index contributed by atoms with van der Waals surface area (Å²) in [6, 6.07) is 0. The molecule has 0 radical (unpaired) electrons. The number of ketones is 1. The number of aliphatic hydroxyl groups is 1. The Kier molecular flexibility index (Phi) is 6.53. The van der Waals surface area contributed by atoms with E-state index in [-0.39, 0.29) is 30.6 Å². The van der Waals surface area contributed by atoms with Crippen LogP contribution in [0.5, 0.6) is 0 Å². The van der Waals surface area contributed by atoms with Crippen LogP contribution in [-0.2, 0) is 16.0 Å². The van der Waals surface area contributed by atoms with Crippen LogP contribution in [0.3, 0.4) is 0 Å². The Bertz CT molecular complexity index is 545. The van der Waals surface area contributed by atoms with Crippen molar-refractivity contribution >= 4 is 20.3 Å². The summed E-state index contributed by atoms with van der Waals surface area (Å²) in [7, 11) is 1.81. The second-order valence-electron chi connectivity index (χ2n) is 5.21. The van der Waals surface area contributed by atoms with E-state index < -0.39 is 34.3 Å². The lowest BCUT2D eigenvalue weighted by molar-refractivity contribution is -0.197. The first-order valence-electron chi connectivity index (χ1n) is 6.94. The van der Waals surface area contributed by atoms with Gasteiger partial charge in [0.15, 0.2) is 17.4 Å². The fraction of sp³-hybridized carbons (Fsp3) is 0.533. The van der Waals surface area contributed by atoms with Crippen molar-refractivity contribution in [3.8, 4) is 0 Å². The van der Waals surface area contributed by atoms with E-state index in [2.05, 4.69) is 0 Å². The van der Waals surface area contributed by atoms with Gasteiger partial charge in [-0.05, 0) is 37.8 Å². The molecule has 0 heterocycles. The maximum atomic E-state index is 13.9. The highest BCUT2D eigenvalue weighted by atomic mass is 31.0. The number of halogens is 3. The molecule has 0 aliphatic carbocycles. The van der Waals surface area contributed by atoms with Crippen molar-refractivity contribution in [2.24, 2.45) is 0 Å². The molecule has 1 aromatic rings. The summed E-state index contributed by atoms with van der Waals surface area (Å²) in [5.41, 5.74) is -0.258. The number of carbonyl (C=O) groups is 1. The monoisotopic (exact) mass is 336 g/mol. The van der Waals surface area contributed by atoms with Crippen LogP contribution >= 0.6 is 9.24 Å². The summed E-state index contributed by atoms with van der Waals surface area (Å²) in [6.07, 6.45) is 0.105. The number of ether oxygens (including phenoxy) is 1. The molecule has 1 aromatic carbocycles. The SMILES string of the molecule is CCCOC(C)(O)C(=O)CCc1c(C)c(F)c(P)c(F)c1F. The first-order chi connectivity index (χ1) is 10.1. The molecule has 0 amide bonds. The van der Waals surface area contributed by atoms with E-state index in [0.717, 1.165) is 0 Å². The summed E-state index contributed by atoms with van der Waals surface area (Å²) in [5.74, 6) is -5.98. The van der Waals surface area contributed by atoms with Gasteiger partial charge in [-0.2, -0.15) is 0 Å². The normalized spacial score (nSPS) is 14.0. The Hall–Kier alpha value is -0.970. The molecular weight excluding hydrogens is 316 g/mol. The topological polar surface area (TPSA) is 46.5 Å². The van der Waals surface area contributed by atoms with Gasteiger partial charge >= 0.3 is 0 Å². The molecule has 0 fully saturated rings. The van der Waals surface area contributed by atoms with Gasteiger partial charge in [0.05, 0.1) is 6.61 Å². The van der Waals surface area contributed by atoms with E-state index in [1.807, 2.05) is 16.2 Å². The van der Waals surface area contributed by atoms with Gasteiger partial charge in [-0.15, -0.1) is 0 Å². The van der Waals surface area contributed by atoms with Crippen molar-refractivity contribution in [3.63, 3.8) is 0 Å². The third kappa shape index (κ3) is 4.06. The Morgan fingerprint density at radius 1 is 1.27 bits per heavy atom. The van der Waals surface area contributed by atoms with E-state index in [9.17, 15) is 23.1 Å². The number of Topliss-reactive ketones (excluding diaryl/α,β-unsaturated/α-hetero) is 1. The molecule has 22 heavy (non-hydrogen) atoms. The van der Waals surface area contributed by atoms with Gasteiger partial charge in [-0.1, -0.05) is 16.2 Å². The lowest BCUT2D eigenvalue weighted by Gasteiger charge is -2.22. The second kappa shape index (κ2) is 7.53. The van der Waals surface area contributed by atoms with Gasteiger partial charge in [0.2, 0.25) is 5.79 Å². The van der Waals surface area contributed by atoms with Crippen molar-refractivity contribution in [1.82, 2.24) is 0 Å². The lowest BCUT2D eigenvalue weighted by Crippen LogP contribution is -2.38. The minimum absolute atomic E-state index is 0.0502. The Balaban J connectivity index is 2.92. The van der Waals surface area contributed by atoms with Crippen molar-refractivity contribution in [2.45, 2.75) is 45.8 Å². The standard InChI is InChI=1S/C15H20F3O3P/c1-4-7-21-15(3,20)10(19)6-5-9-8(2)11(16)14(22)13(18)12(9)17/h20H,4-7,22H2,1-3H3. The maximum Gasteiger partial charge on any atom is 0.223 e. The van der Waals surface area contributed by atoms with E-state index in [0.29, 0.717) is 6.42 Å². The molecule has 0 bridgehead atoms. The smallest absolute Gasteiger partial charge is 0.223 e. The second-order valence-corrected chi connectivity index (χ2v) is 5.79. The molecule has 3 nitrogen and oxygen atoms in total. The molecule has 7 heteroatoms. The molecule has 0 saturated carbocycles. The van der Waals surface area contributed by atoms with Crippen molar-refractivity contribution in [1.29, 1.82) is 0 Å². The number of hydrogen-bond acceptors (Lipinski definition) is 3. The highest BCUT2D eigenvalue weighted by Gasteiger charge is 2.31.